The minimum Gasteiger partial charge on any atom is -0.454 e. The molecule has 1 aromatic rings. The molecule has 112 valence electrons. The number of amides is 1. The first-order valence-corrected chi connectivity index (χ1v) is 7.96. The van der Waals surface area contributed by atoms with Gasteiger partial charge in [-0.2, -0.15) is 0 Å². The summed E-state index contributed by atoms with van der Waals surface area (Å²) >= 11 is 0. The molecule has 0 spiro atoms. The molecule has 21 heavy (non-hydrogen) atoms. The fourth-order valence-corrected chi connectivity index (χ4v) is 4.05. The maximum Gasteiger partial charge on any atom is 0.231 e. The number of hydrogen-bond acceptors (Lipinski definition) is 3. The number of hydrogen-bond donors (Lipinski definition) is 1. The van der Waals surface area contributed by atoms with E-state index in [-0.39, 0.29) is 5.91 Å². The average Bonchev–Trinajstić information content (AvgIpc) is 3.20. The van der Waals surface area contributed by atoms with Gasteiger partial charge < -0.3 is 14.8 Å². The van der Waals surface area contributed by atoms with E-state index in [4.69, 9.17) is 9.47 Å². The number of rotatable bonds is 4. The number of carbonyl (C=O) groups excluding carboxylic acids is 1. The van der Waals surface area contributed by atoms with Gasteiger partial charge in [-0.25, -0.2) is 0 Å². The highest BCUT2D eigenvalue weighted by atomic mass is 16.7. The largest absolute Gasteiger partial charge is 0.454 e. The van der Waals surface area contributed by atoms with Gasteiger partial charge in [-0.3, -0.25) is 4.79 Å². The van der Waals surface area contributed by atoms with Crippen molar-refractivity contribution < 1.29 is 14.3 Å². The molecule has 0 saturated heterocycles. The van der Waals surface area contributed by atoms with Crippen LogP contribution in [0, 0.1) is 11.8 Å². The first-order valence-electron chi connectivity index (χ1n) is 7.96. The Morgan fingerprint density at radius 2 is 2.10 bits per heavy atom. The van der Waals surface area contributed by atoms with E-state index in [1.807, 2.05) is 18.2 Å². The van der Waals surface area contributed by atoms with Gasteiger partial charge in [-0.05, 0) is 55.2 Å². The summed E-state index contributed by atoms with van der Waals surface area (Å²) in [5, 5.41) is 3.24. The maximum absolute atomic E-state index is 12.1. The monoisotopic (exact) mass is 287 g/mol. The van der Waals surface area contributed by atoms with E-state index < -0.39 is 0 Å². The minimum absolute atomic E-state index is 0.185. The van der Waals surface area contributed by atoms with Crippen LogP contribution >= 0.6 is 0 Å². The lowest BCUT2D eigenvalue weighted by atomic mass is 9.95. The highest BCUT2D eigenvalue weighted by Crippen LogP contribution is 2.44. The normalized spacial score (nSPS) is 28.9. The Morgan fingerprint density at radius 3 is 2.90 bits per heavy atom. The predicted octanol–water partition coefficient (Wildman–Crippen LogP) is 2.65. The fraction of sp³-hybridized carbons (Fsp3) is 0.588. The van der Waals surface area contributed by atoms with Crippen LogP contribution in [0.4, 0.5) is 0 Å². The van der Waals surface area contributed by atoms with E-state index >= 15 is 0 Å². The van der Waals surface area contributed by atoms with Gasteiger partial charge in [0.05, 0.1) is 0 Å². The number of fused-ring (bicyclic) bond motifs is 3. The number of aryl methyl sites for hydroxylation is 1. The van der Waals surface area contributed by atoms with Crippen LogP contribution in [-0.4, -0.2) is 18.7 Å². The summed E-state index contributed by atoms with van der Waals surface area (Å²) in [6, 6.07) is 6.35. The van der Waals surface area contributed by atoms with E-state index in [1.54, 1.807) is 0 Å². The predicted molar refractivity (Wildman–Crippen MR) is 78.3 cm³/mol. The molecule has 2 fully saturated rings. The summed E-state index contributed by atoms with van der Waals surface area (Å²) in [4.78, 5) is 12.1. The summed E-state index contributed by atoms with van der Waals surface area (Å²) in [6.07, 6.45) is 6.50. The van der Waals surface area contributed by atoms with Crippen molar-refractivity contribution in [3.63, 3.8) is 0 Å². The average molecular weight is 287 g/mol. The van der Waals surface area contributed by atoms with Gasteiger partial charge in [0, 0.05) is 12.5 Å². The lowest BCUT2D eigenvalue weighted by molar-refractivity contribution is -0.122. The Balaban J connectivity index is 1.29. The highest BCUT2D eigenvalue weighted by molar-refractivity contribution is 5.76. The first-order chi connectivity index (χ1) is 10.3. The second-order valence-electron chi connectivity index (χ2n) is 6.54. The van der Waals surface area contributed by atoms with E-state index in [0.717, 1.165) is 35.3 Å². The third kappa shape index (κ3) is 2.59. The highest BCUT2D eigenvalue weighted by Gasteiger charge is 2.39. The molecule has 2 saturated carbocycles. The summed E-state index contributed by atoms with van der Waals surface area (Å²) in [6.45, 7) is 0.295. The molecule has 4 rings (SSSR count). The molecule has 4 nitrogen and oxygen atoms in total. The smallest absolute Gasteiger partial charge is 0.231 e. The molecule has 4 heteroatoms. The van der Waals surface area contributed by atoms with E-state index in [0.29, 0.717) is 19.3 Å². The molecule has 2 bridgehead atoms. The molecule has 0 radical (unpaired) electrons. The van der Waals surface area contributed by atoms with Gasteiger partial charge in [0.2, 0.25) is 12.7 Å². The van der Waals surface area contributed by atoms with Crippen molar-refractivity contribution in [2.45, 2.75) is 44.6 Å². The van der Waals surface area contributed by atoms with Crippen LogP contribution in [0.15, 0.2) is 18.2 Å². The van der Waals surface area contributed by atoms with E-state index in [9.17, 15) is 4.79 Å². The van der Waals surface area contributed by atoms with Gasteiger partial charge in [0.1, 0.15) is 0 Å². The molecule has 1 heterocycles. The number of carbonyl (C=O) groups is 1. The van der Waals surface area contributed by atoms with Gasteiger partial charge in [-0.1, -0.05) is 12.5 Å². The van der Waals surface area contributed by atoms with Crippen LogP contribution in [0.5, 0.6) is 11.5 Å². The standard InChI is InChI=1S/C17H21NO3/c19-17(18-14-8-12-1-4-13(14)7-12)6-3-11-2-5-15-16(9-11)21-10-20-15/h2,5,9,12-14H,1,3-4,6-8,10H2,(H,18,19)/t12-,13-,14-/m0/s1. The van der Waals surface area contributed by atoms with Gasteiger partial charge in [0.15, 0.2) is 11.5 Å². The van der Waals surface area contributed by atoms with Crippen LogP contribution in [0.1, 0.15) is 37.7 Å². The quantitative estimate of drug-likeness (QED) is 0.926. The molecule has 3 aliphatic rings. The summed E-state index contributed by atoms with van der Waals surface area (Å²) in [5.41, 5.74) is 1.13. The third-order valence-electron chi connectivity index (χ3n) is 5.16. The van der Waals surface area contributed by atoms with Crippen LogP contribution in [0.3, 0.4) is 0 Å². The number of ether oxygens (including phenoxy) is 2. The zero-order valence-corrected chi connectivity index (χ0v) is 12.1. The van der Waals surface area contributed by atoms with Crippen molar-refractivity contribution in [1.82, 2.24) is 5.32 Å². The molecule has 1 N–H and O–H groups in total. The summed E-state index contributed by atoms with van der Waals surface area (Å²) in [5.74, 6) is 3.38. The van der Waals surface area contributed by atoms with Crippen molar-refractivity contribution in [3.8, 4) is 11.5 Å². The molecular weight excluding hydrogens is 266 g/mol. The Bertz CT molecular complexity index is 557. The molecule has 0 unspecified atom stereocenters. The molecular formula is C17H21NO3. The second kappa shape index (κ2) is 5.24. The van der Waals surface area contributed by atoms with Crippen LogP contribution in [-0.2, 0) is 11.2 Å². The lowest BCUT2D eigenvalue weighted by Gasteiger charge is -2.22. The van der Waals surface area contributed by atoms with Crippen molar-refractivity contribution in [2.24, 2.45) is 11.8 Å². The fourth-order valence-electron chi connectivity index (χ4n) is 4.05. The maximum atomic E-state index is 12.1. The van der Waals surface area contributed by atoms with Gasteiger partial charge in [0.25, 0.3) is 0 Å². The zero-order chi connectivity index (χ0) is 14.2. The molecule has 3 atom stereocenters. The SMILES string of the molecule is O=C(CCc1ccc2c(c1)OCO2)N[C@H]1C[C@H]2CC[C@H]1C2. The molecule has 0 aromatic heterocycles. The van der Waals surface area contributed by atoms with Crippen LogP contribution in [0.2, 0.25) is 0 Å². The van der Waals surface area contributed by atoms with Gasteiger partial charge in [-0.15, -0.1) is 0 Å². The molecule has 2 aliphatic carbocycles. The summed E-state index contributed by atoms with van der Waals surface area (Å²) in [7, 11) is 0. The number of nitrogens with one attached hydrogen (secondary N) is 1. The van der Waals surface area contributed by atoms with Crippen molar-refractivity contribution in [2.75, 3.05) is 6.79 Å². The van der Waals surface area contributed by atoms with Crippen molar-refractivity contribution >= 4 is 5.91 Å². The van der Waals surface area contributed by atoms with E-state index in [1.165, 1.54) is 25.7 Å². The minimum atomic E-state index is 0.185. The second-order valence-corrected chi connectivity index (χ2v) is 6.54. The Hall–Kier alpha value is -1.71. The summed E-state index contributed by atoms with van der Waals surface area (Å²) < 4.78 is 10.7. The molecule has 1 aliphatic heterocycles. The van der Waals surface area contributed by atoms with Gasteiger partial charge >= 0.3 is 0 Å². The Labute approximate surface area is 124 Å². The molecule has 1 amide bonds. The third-order valence-corrected chi connectivity index (χ3v) is 5.16. The topological polar surface area (TPSA) is 47.6 Å². The van der Waals surface area contributed by atoms with Crippen LogP contribution in [0.25, 0.3) is 0 Å². The van der Waals surface area contributed by atoms with Crippen molar-refractivity contribution in [1.29, 1.82) is 0 Å². The lowest BCUT2D eigenvalue weighted by Crippen LogP contribution is -2.38. The Kier molecular flexibility index (Phi) is 3.24. The van der Waals surface area contributed by atoms with Crippen molar-refractivity contribution in [3.05, 3.63) is 23.8 Å². The number of benzene rings is 1. The van der Waals surface area contributed by atoms with E-state index in [2.05, 4.69) is 5.32 Å². The first kappa shape index (κ1) is 13.0. The Morgan fingerprint density at radius 1 is 1.19 bits per heavy atom. The molecule has 1 aromatic carbocycles. The van der Waals surface area contributed by atoms with Crippen LogP contribution < -0.4 is 14.8 Å². The zero-order valence-electron chi connectivity index (χ0n) is 12.1.